The smallest absolute Gasteiger partial charge is 0.218 e. The molecule has 0 aliphatic rings. The van der Waals surface area contributed by atoms with Gasteiger partial charge in [0.1, 0.15) is 11.0 Å². The first-order valence-corrected chi connectivity index (χ1v) is 4.92. The molecule has 0 saturated carbocycles. The van der Waals surface area contributed by atoms with Crippen LogP contribution >= 0.6 is 11.6 Å². The Bertz CT molecular complexity index is 519. The van der Waals surface area contributed by atoms with Crippen molar-refractivity contribution in [2.24, 2.45) is 0 Å². The summed E-state index contributed by atoms with van der Waals surface area (Å²) >= 11 is 5.78. The molecule has 2 rings (SSSR count). The molecule has 3 nitrogen and oxygen atoms in total. The molecule has 0 spiro atoms. The topological polar surface area (TPSA) is 35.0 Å². The molecule has 0 bridgehead atoms. The quantitative estimate of drug-likeness (QED) is 0.755. The lowest BCUT2D eigenvalue weighted by Crippen LogP contribution is -1.95. The Labute approximate surface area is 96.9 Å². The first kappa shape index (κ1) is 10.8. The summed E-state index contributed by atoms with van der Waals surface area (Å²) < 4.78 is 18.4. The minimum absolute atomic E-state index is 0.211. The van der Waals surface area contributed by atoms with Crippen molar-refractivity contribution < 1.29 is 9.13 Å². The molecule has 0 fully saturated rings. The van der Waals surface area contributed by atoms with Crippen LogP contribution in [0.4, 0.5) is 4.39 Å². The number of benzene rings is 1. The van der Waals surface area contributed by atoms with E-state index in [0.29, 0.717) is 11.4 Å². The monoisotopic (exact) mass is 238 g/mol. The second-order valence-electron chi connectivity index (χ2n) is 3.04. The molecule has 0 amide bonds. The highest BCUT2D eigenvalue weighted by molar-refractivity contribution is 6.29. The summed E-state index contributed by atoms with van der Waals surface area (Å²) in [6.07, 6.45) is 0. The first-order valence-electron chi connectivity index (χ1n) is 4.54. The predicted octanol–water partition coefficient (Wildman–Crippen LogP) is 2.94. The van der Waals surface area contributed by atoms with Gasteiger partial charge in [0.2, 0.25) is 5.88 Å². The van der Waals surface area contributed by atoms with Gasteiger partial charge in [0.25, 0.3) is 0 Å². The summed E-state index contributed by atoms with van der Waals surface area (Å²) in [5.41, 5.74) is 0.295. The van der Waals surface area contributed by atoms with Crippen LogP contribution in [0.25, 0.3) is 11.4 Å². The van der Waals surface area contributed by atoms with Crippen molar-refractivity contribution in [3.05, 3.63) is 41.3 Å². The van der Waals surface area contributed by atoms with Gasteiger partial charge in [-0.1, -0.05) is 23.7 Å². The second kappa shape index (κ2) is 4.45. The van der Waals surface area contributed by atoms with Crippen LogP contribution in [0.3, 0.4) is 0 Å². The van der Waals surface area contributed by atoms with Gasteiger partial charge in [0, 0.05) is 6.07 Å². The summed E-state index contributed by atoms with van der Waals surface area (Å²) in [6.45, 7) is 0. The molecular weight excluding hydrogens is 231 g/mol. The molecule has 0 aliphatic carbocycles. The van der Waals surface area contributed by atoms with Crippen LogP contribution in [0.5, 0.6) is 5.88 Å². The van der Waals surface area contributed by atoms with Gasteiger partial charge in [0.05, 0.1) is 12.7 Å². The fourth-order valence-corrected chi connectivity index (χ4v) is 1.44. The number of ether oxygens (including phenoxy) is 1. The Balaban J connectivity index is 2.56. The third kappa shape index (κ3) is 2.12. The summed E-state index contributed by atoms with van der Waals surface area (Å²) in [7, 11) is 1.46. The summed E-state index contributed by atoms with van der Waals surface area (Å²) in [5.74, 6) is 0.118. The lowest BCUT2D eigenvalue weighted by Gasteiger charge is -2.04. The summed E-state index contributed by atoms with van der Waals surface area (Å²) in [5, 5.41) is 0.213. The van der Waals surface area contributed by atoms with Crippen LogP contribution < -0.4 is 4.74 Å². The van der Waals surface area contributed by atoms with Crippen LogP contribution in [0.15, 0.2) is 30.3 Å². The van der Waals surface area contributed by atoms with Crippen molar-refractivity contribution in [2.45, 2.75) is 0 Å². The van der Waals surface area contributed by atoms with E-state index in [2.05, 4.69) is 9.97 Å². The number of hydrogen-bond acceptors (Lipinski definition) is 3. The molecule has 0 saturated heterocycles. The van der Waals surface area contributed by atoms with Gasteiger partial charge >= 0.3 is 0 Å². The maximum Gasteiger partial charge on any atom is 0.218 e. The normalized spacial score (nSPS) is 10.2. The Hall–Kier alpha value is -1.68. The summed E-state index contributed by atoms with van der Waals surface area (Å²) in [6, 6.07) is 7.69. The highest BCUT2D eigenvalue weighted by atomic mass is 35.5. The highest BCUT2D eigenvalue weighted by Gasteiger charge is 2.09. The Morgan fingerprint density at radius 1 is 1.25 bits per heavy atom. The zero-order chi connectivity index (χ0) is 11.5. The average Bonchev–Trinajstić information content (AvgIpc) is 2.28. The number of rotatable bonds is 2. The van der Waals surface area contributed by atoms with E-state index in [-0.39, 0.29) is 11.0 Å². The fourth-order valence-electron chi connectivity index (χ4n) is 1.26. The van der Waals surface area contributed by atoms with Gasteiger partial charge in [-0.05, 0) is 12.1 Å². The van der Waals surface area contributed by atoms with Crippen molar-refractivity contribution in [2.75, 3.05) is 7.11 Å². The molecule has 5 heteroatoms. The lowest BCUT2D eigenvalue weighted by molar-refractivity contribution is 0.397. The van der Waals surface area contributed by atoms with Crippen LogP contribution in [0, 0.1) is 5.82 Å². The standard InChI is InChI=1S/C11H8ClFN2O/c1-16-10-6-9(12)14-11(15-10)7-4-2-3-5-8(7)13/h2-6H,1H3. The maximum absolute atomic E-state index is 13.5. The predicted molar refractivity (Wildman–Crippen MR) is 59.0 cm³/mol. The van der Waals surface area contributed by atoms with E-state index in [9.17, 15) is 4.39 Å². The number of aromatic nitrogens is 2. The van der Waals surface area contributed by atoms with E-state index < -0.39 is 5.82 Å². The molecule has 16 heavy (non-hydrogen) atoms. The Kier molecular flexibility index (Phi) is 3.01. The number of nitrogens with zero attached hydrogens (tertiary/aromatic N) is 2. The van der Waals surface area contributed by atoms with Crippen molar-refractivity contribution >= 4 is 11.6 Å². The average molecular weight is 239 g/mol. The lowest BCUT2D eigenvalue weighted by atomic mass is 10.2. The number of hydrogen-bond donors (Lipinski definition) is 0. The molecule has 0 radical (unpaired) electrons. The third-order valence-corrected chi connectivity index (χ3v) is 2.19. The van der Waals surface area contributed by atoms with Crippen LogP contribution in [-0.2, 0) is 0 Å². The van der Waals surface area contributed by atoms with Crippen LogP contribution in [0.1, 0.15) is 0 Å². The second-order valence-corrected chi connectivity index (χ2v) is 3.42. The minimum atomic E-state index is -0.396. The Morgan fingerprint density at radius 3 is 2.69 bits per heavy atom. The van der Waals surface area contributed by atoms with Crippen molar-refractivity contribution in [3.63, 3.8) is 0 Å². The summed E-state index contributed by atoms with van der Waals surface area (Å²) in [4.78, 5) is 7.97. The molecular formula is C11H8ClFN2O. The first-order chi connectivity index (χ1) is 7.70. The molecule has 0 unspecified atom stereocenters. The van der Waals surface area contributed by atoms with Crippen molar-refractivity contribution in [3.8, 4) is 17.3 Å². The van der Waals surface area contributed by atoms with E-state index in [0.717, 1.165) is 0 Å². The fraction of sp³-hybridized carbons (Fsp3) is 0.0909. The molecule has 1 aromatic heterocycles. The maximum atomic E-state index is 13.5. The molecule has 0 N–H and O–H groups in total. The highest BCUT2D eigenvalue weighted by Crippen LogP contribution is 2.23. The van der Waals surface area contributed by atoms with E-state index in [1.165, 1.54) is 19.2 Å². The van der Waals surface area contributed by atoms with E-state index in [1.807, 2.05) is 0 Å². The Morgan fingerprint density at radius 2 is 2.00 bits per heavy atom. The molecule has 0 aliphatic heterocycles. The van der Waals surface area contributed by atoms with Gasteiger partial charge in [-0.3, -0.25) is 0 Å². The van der Waals surface area contributed by atoms with E-state index >= 15 is 0 Å². The van der Waals surface area contributed by atoms with Crippen molar-refractivity contribution in [1.29, 1.82) is 0 Å². The van der Waals surface area contributed by atoms with E-state index in [1.54, 1.807) is 18.2 Å². The van der Waals surface area contributed by atoms with Gasteiger partial charge in [-0.15, -0.1) is 0 Å². The third-order valence-electron chi connectivity index (χ3n) is 2.00. The molecule has 82 valence electrons. The van der Waals surface area contributed by atoms with Crippen LogP contribution in [-0.4, -0.2) is 17.1 Å². The molecule has 0 atom stereocenters. The number of halogens is 2. The zero-order valence-corrected chi connectivity index (χ0v) is 9.20. The zero-order valence-electron chi connectivity index (χ0n) is 8.45. The van der Waals surface area contributed by atoms with Gasteiger partial charge < -0.3 is 4.74 Å². The molecule has 1 heterocycles. The molecule has 2 aromatic rings. The van der Waals surface area contributed by atoms with E-state index in [4.69, 9.17) is 16.3 Å². The number of methoxy groups -OCH3 is 1. The van der Waals surface area contributed by atoms with Gasteiger partial charge in [-0.2, -0.15) is 4.98 Å². The minimum Gasteiger partial charge on any atom is -0.481 e. The van der Waals surface area contributed by atoms with Gasteiger partial charge in [-0.25, -0.2) is 9.37 Å². The van der Waals surface area contributed by atoms with Crippen LogP contribution in [0.2, 0.25) is 5.15 Å². The van der Waals surface area contributed by atoms with Crippen molar-refractivity contribution in [1.82, 2.24) is 9.97 Å². The van der Waals surface area contributed by atoms with Gasteiger partial charge in [0.15, 0.2) is 5.82 Å². The SMILES string of the molecule is COc1cc(Cl)nc(-c2ccccc2F)n1. The largest absolute Gasteiger partial charge is 0.481 e. The molecule has 1 aromatic carbocycles.